The molecule has 1 fully saturated rings. The minimum absolute atomic E-state index is 0.567. The first-order chi connectivity index (χ1) is 7.27. The van der Waals surface area contributed by atoms with Crippen LogP contribution >= 0.6 is 0 Å². The molecule has 0 radical (unpaired) electrons. The van der Waals surface area contributed by atoms with E-state index in [2.05, 4.69) is 23.8 Å². The third-order valence-corrected chi connectivity index (χ3v) is 3.43. The minimum Gasteiger partial charge on any atom is -0.311 e. The first kappa shape index (κ1) is 9.40. The van der Waals surface area contributed by atoms with Gasteiger partial charge in [-0.3, -0.25) is 4.68 Å². The van der Waals surface area contributed by atoms with Gasteiger partial charge in [0.25, 0.3) is 0 Å². The normalized spacial score (nSPS) is 20.7. The number of nitrogens with one attached hydrogen (secondary N) is 1. The second-order valence-corrected chi connectivity index (χ2v) is 5.07. The molecule has 0 atom stereocenters. The second-order valence-electron chi connectivity index (χ2n) is 5.07. The van der Waals surface area contributed by atoms with Gasteiger partial charge in [-0.2, -0.15) is 5.10 Å². The van der Waals surface area contributed by atoms with Crippen molar-refractivity contribution in [2.24, 2.45) is 0 Å². The highest BCUT2D eigenvalue weighted by Crippen LogP contribution is 2.38. The molecular formula is C12H19N3. The summed E-state index contributed by atoms with van der Waals surface area (Å²) >= 11 is 0. The van der Waals surface area contributed by atoms with Crippen molar-refractivity contribution in [2.75, 3.05) is 6.54 Å². The Morgan fingerprint density at radius 2 is 2.20 bits per heavy atom. The largest absolute Gasteiger partial charge is 0.311 e. The second kappa shape index (κ2) is 3.34. The van der Waals surface area contributed by atoms with E-state index in [-0.39, 0.29) is 0 Å². The predicted octanol–water partition coefficient (Wildman–Crippen LogP) is 1.99. The van der Waals surface area contributed by atoms with Crippen LogP contribution in [-0.2, 0) is 13.0 Å². The lowest BCUT2D eigenvalue weighted by Gasteiger charge is -2.16. The van der Waals surface area contributed by atoms with Crippen molar-refractivity contribution in [3.05, 3.63) is 17.0 Å². The van der Waals surface area contributed by atoms with Crippen LogP contribution in [0.1, 0.15) is 55.6 Å². The van der Waals surface area contributed by atoms with E-state index in [0.717, 1.165) is 19.5 Å². The molecule has 1 aromatic rings. The Bertz CT molecular complexity index is 348. The molecule has 3 heteroatoms. The summed E-state index contributed by atoms with van der Waals surface area (Å²) in [6.07, 6.45) is 3.81. The standard InChI is InChI=1S/C12H19N3/c1-8(2)12-10-5-6-13-7-11(10)15(14-12)9-3-4-9/h8-9,13H,3-7H2,1-2H3. The molecule has 15 heavy (non-hydrogen) atoms. The average Bonchev–Trinajstić information content (AvgIpc) is 2.99. The topological polar surface area (TPSA) is 29.9 Å². The van der Waals surface area contributed by atoms with Gasteiger partial charge in [0.1, 0.15) is 0 Å². The van der Waals surface area contributed by atoms with Gasteiger partial charge in [-0.25, -0.2) is 0 Å². The third kappa shape index (κ3) is 1.49. The molecule has 0 spiro atoms. The van der Waals surface area contributed by atoms with Gasteiger partial charge in [-0.05, 0) is 37.3 Å². The summed E-state index contributed by atoms with van der Waals surface area (Å²) in [4.78, 5) is 0. The van der Waals surface area contributed by atoms with Crippen LogP contribution in [0.4, 0.5) is 0 Å². The predicted molar refractivity (Wildman–Crippen MR) is 60.0 cm³/mol. The molecule has 1 N–H and O–H groups in total. The van der Waals surface area contributed by atoms with Gasteiger partial charge in [0.05, 0.1) is 17.4 Å². The lowest BCUT2D eigenvalue weighted by Crippen LogP contribution is -2.25. The molecular weight excluding hydrogens is 186 g/mol. The van der Waals surface area contributed by atoms with Crippen LogP contribution in [0.15, 0.2) is 0 Å². The van der Waals surface area contributed by atoms with Crippen LogP contribution in [0.2, 0.25) is 0 Å². The van der Waals surface area contributed by atoms with Crippen LogP contribution in [0.5, 0.6) is 0 Å². The zero-order chi connectivity index (χ0) is 10.4. The van der Waals surface area contributed by atoms with Crippen LogP contribution in [0.25, 0.3) is 0 Å². The highest BCUT2D eigenvalue weighted by atomic mass is 15.3. The first-order valence-electron chi connectivity index (χ1n) is 6.08. The highest BCUT2D eigenvalue weighted by Gasteiger charge is 2.31. The van der Waals surface area contributed by atoms with E-state index in [1.807, 2.05) is 0 Å². The molecule has 0 aromatic carbocycles. The van der Waals surface area contributed by atoms with Crippen LogP contribution in [0, 0.1) is 0 Å². The van der Waals surface area contributed by atoms with Crippen molar-refractivity contribution < 1.29 is 0 Å². The molecule has 0 saturated heterocycles. The Balaban J connectivity index is 2.08. The molecule has 0 amide bonds. The zero-order valence-electron chi connectivity index (χ0n) is 9.58. The van der Waals surface area contributed by atoms with E-state index >= 15 is 0 Å². The number of hydrogen-bond donors (Lipinski definition) is 1. The Hall–Kier alpha value is -0.830. The number of rotatable bonds is 2. The van der Waals surface area contributed by atoms with Crippen molar-refractivity contribution in [3.8, 4) is 0 Å². The smallest absolute Gasteiger partial charge is 0.0685 e. The summed E-state index contributed by atoms with van der Waals surface area (Å²) in [5, 5.41) is 8.29. The molecule has 1 aromatic heterocycles. The number of nitrogens with zero attached hydrogens (tertiary/aromatic N) is 2. The number of aromatic nitrogens is 2. The molecule has 3 rings (SSSR count). The maximum absolute atomic E-state index is 4.83. The monoisotopic (exact) mass is 205 g/mol. The lowest BCUT2D eigenvalue weighted by molar-refractivity contribution is 0.549. The summed E-state index contributed by atoms with van der Waals surface area (Å²) in [7, 11) is 0. The van der Waals surface area contributed by atoms with Gasteiger partial charge in [-0.15, -0.1) is 0 Å². The van der Waals surface area contributed by atoms with E-state index in [1.165, 1.54) is 29.8 Å². The maximum atomic E-state index is 4.83. The van der Waals surface area contributed by atoms with E-state index < -0.39 is 0 Å². The van der Waals surface area contributed by atoms with Crippen molar-refractivity contribution in [1.29, 1.82) is 0 Å². The molecule has 3 nitrogen and oxygen atoms in total. The average molecular weight is 205 g/mol. The molecule has 1 saturated carbocycles. The quantitative estimate of drug-likeness (QED) is 0.800. The Kier molecular flexibility index (Phi) is 2.09. The van der Waals surface area contributed by atoms with Gasteiger partial charge in [0.15, 0.2) is 0 Å². The fourth-order valence-corrected chi connectivity index (χ4v) is 2.49. The summed E-state index contributed by atoms with van der Waals surface area (Å²) in [6, 6.07) is 0.714. The van der Waals surface area contributed by atoms with Gasteiger partial charge in [0.2, 0.25) is 0 Å². The van der Waals surface area contributed by atoms with Gasteiger partial charge in [-0.1, -0.05) is 13.8 Å². The lowest BCUT2D eigenvalue weighted by atomic mass is 9.99. The van der Waals surface area contributed by atoms with Crippen molar-refractivity contribution in [1.82, 2.24) is 15.1 Å². The Morgan fingerprint density at radius 1 is 1.40 bits per heavy atom. The molecule has 0 unspecified atom stereocenters. The Morgan fingerprint density at radius 3 is 2.87 bits per heavy atom. The molecule has 1 aliphatic carbocycles. The van der Waals surface area contributed by atoms with Gasteiger partial charge in [0, 0.05) is 6.54 Å². The summed E-state index contributed by atoms with van der Waals surface area (Å²) < 4.78 is 2.30. The van der Waals surface area contributed by atoms with Crippen molar-refractivity contribution in [3.63, 3.8) is 0 Å². The maximum Gasteiger partial charge on any atom is 0.0685 e. The molecule has 1 aliphatic heterocycles. The van der Waals surface area contributed by atoms with Crippen LogP contribution < -0.4 is 5.32 Å². The third-order valence-electron chi connectivity index (χ3n) is 3.43. The molecule has 82 valence electrons. The fraction of sp³-hybridized carbons (Fsp3) is 0.750. The van der Waals surface area contributed by atoms with Crippen LogP contribution in [-0.4, -0.2) is 16.3 Å². The SMILES string of the molecule is CC(C)c1nn(C2CC2)c2c1CCNC2. The number of hydrogen-bond acceptors (Lipinski definition) is 2. The van der Waals surface area contributed by atoms with Crippen molar-refractivity contribution >= 4 is 0 Å². The van der Waals surface area contributed by atoms with Gasteiger partial charge >= 0.3 is 0 Å². The van der Waals surface area contributed by atoms with E-state index in [1.54, 1.807) is 0 Å². The molecule has 0 bridgehead atoms. The van der Waals surface area contributed by atoms with E-state index in [0.29, 0.717) is 12.0 Å². The highest BCUT2D eigenvalue weighted by molar-refractivity contribution is 5.31. The summed E-state index contributed by atoms with van der Waals surface area (Å²) in [6.45, 7) is 6.64. The number of fused-ring (bicyclic) bond motifs is 1. The van der Waals surface area contributed by atoms with Gasteiger partial charge < -0.3 is 5.32 Å². The Labute approximate surface area is 90.9 Å². The molecule has 2 aliphatic rings. The van der Waals surface area contributed by atoms with E-state index in [4.69, 9.17) is 5.10 Å². The van der Waals surface area contributed by atoms with E-state index in [9.17, 15) is 0 Å². The molecule has 2 heterocycles. The zero-order valence-corrected chi connectivity index (χ0v) is 9.58. The first-order valence-corrected chi connectivity index (χ1v) is 6.08. The minimum atomic E-state index is 0.567. The van der Waals surface area contributed by atoms with Crippen molar-refractivity contribution in [2.45, 2.75) is 51.6 Å². The summed E-state index contributed by atoms with van der Waals surface area (Å²) in [5.41, 5.74) is 4.35. The fourth-order valence-electron chi connectivity index (χ4n) is 2.49. The summed E-state index contributed by atoms with van der Waals surface area (Å²) in [5.74, 6) is 0.567. The van der Waals surface area contributed by atoms with Crippen LogP contribution in [0.3, 0.4) is 0 Å².